The SMILES string of the molecule is Cn1nc(Br)nc1Br.Cn1nc(Br)nc1Oc1ccc(F)c(Cl)c1. The van der Waals surface area contributed by atoms with Crippen molar-refractivity contribution in [1.82, 2.24) is 29.5 Å². The molecule has 0 fully saturated rings. The second kappa shape index (κ2) is 8.37. The standard InChI is InChI=1S/C9H6BrClFN3O.C3H3Br2N3/c1-15-9(13-8(10)14-15)16-5-2-3-7(12)6(11)4-5;1-8-3(5)6-2(4)7-8/h2-4H,1H3;1H3. The van der Waals surface area contributed by atoms with Gasteiger partial charge < -0.3 is 4.74 Å². The second-order valence-corrected chi connectivity index (χ2v) is 6.77. The molecule has 0 atom stereocenters. The van der Waals surface area contributed by atoms with Crippen LogP contribution in [0.3, 0.4) is 0 Å². The van der Waals surface area contributed by atoms with E-state index < -0.39 is 5.82 Å². The summed E-state index contributed by atoms with van der Waals surface area (Å²) in [7, 11) is 3.49. The molecule has 1 aromatic carbocycles. The van der Waals surface area contributed by atoms with Crippen LogP contribution in [-0.4, -0.2) is 29.5 Å². The maximum absolute atomic E-state index is 12.9. The van der Waals surface area contributed by atoms with E-state index in [1.807, 2.05) is 7.05 Å². The minimum Gasteiger partial charge on any atom is -0.424 e. The Morgan fingerprint density at radius 1 is 1.04 bits per heavy atom. The molecule has 0 N–H and O–H groups in total. The average molecular weight is 547 g/mol. The van der Waals surface area contributed by atoms with Crippen LogP contribution in [0.5, 0.6) is 11.8 Å². The molecule has 0 spiro atoms. The summed E-state index contributed by atoms with van der Waals surface area (Å²) in [4.78, 5) is 7.86. The average Bonchev–Trinajstić information content (AvgIpc) is 2.96. The van der Waals surface area contributed by atoms with Crippen LogP contribution in [-0.2, 0) is 14.1 Å². The van der Waals surface area contributed by atoms with E-state index >= 15 is 0 Å². The van der Waals surface area contributed by atoms with Crippen molar-refractivity contribution in [3.63, 3.8) is 0 Å². The Labute approximate surface area is 166 Å². The zero-order valence-corrected chi connectivity index (χ0v) is 17.7. The molecule has 0 aliphatic carbocycles. The fourth-order valence-electron chi connectivity index (χ4n) is 1.41. The van der Waals surface area contributed by atoms with Gasteiger partial charge in [-0.3, -0.25) is 0 Å². The van der Waals surface area contributed by atoms with Gasteiger partial charge in [0, 0.05) is 20.2 Å². The molecular weight excluding hydrogens is 538 g/mol. The smallest absolute Gasteiger partial charge is 0.321 e. The largest absolute Gasteiger partial charge is 0.424 e. The maximum Gasteiger partial charge on any atom is 0.321 e. The van der Waals surface area contributed by atoms with Crippen LogP contribution in [0.15, 0.2) is 32.4 Å². The van der Waals surface area contributed by atoms with Crippen molar-refractivity contribution in [2.24, 2.45) is 14.1 Å². The lowest BCUT2D eigenvalue weighted by atomic mass is 10.3. The van der Waals surface area contributed by atoms with Gasteiger partial charge in [0.1, 0.15) is 11.6 Å². The van der Waals surface area contributed by atoms with Gasteiger partial charge >= 0.3 is 6.01 Å². The van der Waals surface area contributed by atoms with E-state index in [4.69, 9.17) is 16.3 Å². The third-order valence-electron chi connectivity index (χ3n) is 2.48. The third kappa shape index (κ3) is 5.23. The number of aryl methyl sites for hydroxylation is 2. The molecule has 0 saturated heterocycles. The molecule has 3 aromatic rings. The highest BCUT2D eigenvalue weighted by Crippen LogP contribution is 2.25. The summed E-state index contributed by atoms with van der Waals surface area (Å²) in [6, 6.07) is 4.35. The molecule has 3 rings (SSSR count). The van der Waals surface area contributed by atoms with Crippen molar-refractivity contribution in [3.8, 4) is 11.8 Å². The van der Waals surface area contributed by atoms with Crippen LogP contribution in [0.1, 0.15) is 0 Å². The molecule has 24 heavy (non-hydrogen) atoms. The molecule has 0 unspecified atom stereocenters. The first-order valence-electron chi connectivity index (χ1n) is 6.17. The number of hydrogen-bond donors (Lipinski definition) is 0. The first-order chi connectivity index (χ1) is 11.3. The summed E-state index contributed by atoms with van der Waals surface area (Å²) >= 11 is 15.0. The third-order valence-corrected chi connectivity index (χ3v) is 4.13. The molecule has 0 radical (unpaired) electrons. The monoisotopic (exact) mass is 544 g/mol. The predicted octanol–water partition coefficient (Wildman–Crippen LogP) is 4.50. The van der Waals surface area contributed by atoms with Gasteiger partial charge in [-0.2, -0.15) is 9.97 Å². The second-order valence-electron chi connectivity index (χ2n) is 4.24. The lowest BCUT2D eigenvalue weighted by Gasteiger charge is -2.03. The van der Waals surface area contributed by atoms with E-state index in [0.29, 0.717) is 15.2 Å². The fourth-order valence-corrected chi connectivity index (χ4v) is 2.86. The molecule has 128 valence electrons. The van der Waals surface area contributed by atoms with Crippen LogP contribution in [0.2, 0.25) is 5.02 Å². The summed E-state index contributed by atoms with van der Waals surface area (Å²) in [5.74, 6) is -0.0948. The van der Waals surface area contributed by atoms with Gasteiger partial charge in [0.25, 0.3) is 0 Å². The molecule has 0 aliphatic rings. The van der Waals surface area contributed by atoms with Crippen LogP contribution >= 0.6 is 59.4 Å². The van der Waals surface area contributed by atoms with Crippen molar-refractivity contribution >= 4 is 59.4 Å². The molecule has 2 heterocycles. The van der Waals surface area contributed by atoms with Gasteiger partial charge in [0.15, 0.2) is 4.73 Å². The lowest BCUT2D eigenvalue weighted by Crippen LogP contribution is -1.96. The Morgan fingerprint density at radius 2 is 1.67 bits per heavy atom. The fraction of sp³-hybridized carbons (Fsp3) is 0.167. The quantitative estimate of drug-likeness (QED) is 0.473. The van der Waals surface area contributed by atoms with Crippen LogP contribution in [0, 0.1) is 5.82 Å². The Hall–Kier alpha value is -1.04. The molecule has 12 heteroatoms. The van der Waals surface area contributed by atoms with Crippen molar-refractivity contribution in [1.29, 1.82) is 0 Å². The highest BCUT2D eigenvalue weighted by Gasteiger charge is 2.08. The van der Waals surface area contributed by atoms with Crippen molar-refractivity contribution in [2.45, 2.75) is 0 Å². The zero-order valence-electron chi connectivity index (χ0n) is 12.2. The van der Waals surface area contributed by atoms with Gasteiger partial charge in [-0.1, -0.05) is 11.6 Å². The first kappa shape index (κ1) is 19.3. The Kier molecular flexibility index (Phi) is 6.72. The summed E-state index contributed by atoms with van der Waals surface area (Å²) in [5, 5.41) is 7.82. The number of aromatic nitrogens is 6. The highest BCUT2D eigenvalue weighted by atomic mass is 79.9. The number of hydrogen-bond acceptors (Lipinski definition) is 5. The summed E-state index contributed by atoms with van der Waals surface area (Å²) in [5.41, 5.74) is 0. The molecule has 0 bridgehead atoms. The summed E-state index contributed by atoms with van der Waals surface area (Å²) in [6.45, 7) is 0. The van der Waals surface area contributed by atoms with Gasteiger partial charge in [-0.05, 0) is 59.9 Å². The number of nitrogens with zero attached hydrogens (tertiary/aromatic N) is 6. The molecule has 2 aromatic heterocycles. The van der Waals surface area contributed by atoms with Crippen molar-refractivity contribution in [2.75, 3.05) is 0 Å². The number of ether oxygens (including phenoxy) is 1. The van der Waals surface area contributed by atoms with Gasteiger partial charge in [-0.15, -0.1) is 10.2 Å². The van der Waals surface area contributed by atoms with Crippen LogP contribution in [0.4, 0.5) is 4.39 Å². The minimum absolute atomic E-state index is 0.00117. The molecule has 0 saturated carbocycles. The highest BCUT2D eigenvalue weighted by molar-refractivity contribution is 9.11. The lowest BCUT2D eigenvalue weighted by molar-refractivity contribution is 0.414. The number of halogens is 5. The first-order valence-corrected chi connectivity index (χ1v) is 8.93. The number of benzene rings is 1. The van der Waals surface area contributed by atoms with Crippen molar-refractivity contribution < 1.29 is 9.13 Å². The maximum atomic E-state index is 12.9. The summed E-state index contributed by atoms with van der Waals surface area (Å²) in [6.07, 6.45) is 0. The molecular formula is C12H9Br3ClFN6O. The van der Waals surface area contributed by atoms with E-state index in [-0.39, 0.29) is 11.0 Å². The topological polar surface area (TPSA) is 70.7 Å². The van der Waals surface area contributed by atoms with E-state index in [1.54, 1.807) is 11.7 Å². The normalized spacial score (nSPS) is 10.3. The van der Waals surface area contributed by atoms with E-state index in [2.05, 4.69) is 68.0 Å². The Bertz CT molecular complexity index is 836. The van der Waals surface area contributed by atoms with Crippen LogP contribution < -0.4 is 4.74 Å². The van der Waals surface area contributed by atoms with E-state index in [0.717, 1.165) is 4.73 Å². The molecule has 0 aliphatic heterocycles. The van der Waals surface area contributed by atoms with Crippen molar-refractivity contribution in [3.05, 3.63) is 43.2 Å². The molecule has 0 amide bonds. The van der Waals surface area contributed by atoms with Gasteiger partial charge in [0.05, 0.1) is 5.02 Å². The number of rotatable bonds is 2. The van der Waals surface area contributed by atoms with Crippen LogP contribution in [0.25, 0.3) is 0 Å². The van der Waals surface area contributed by atoms with E-state index in [1.165, 1.54) is 22.9 Å². The predicted molar refractivity (Wildman–Crippen MR) is 96.6 cm³/mol. The van der Waals surface area contributed by atoms with Gasteiger partial charge in [-0.25, -0.2) is 13.8 Å². The van der Waals surface area contributed by atoms with Gasteiger partial charge in [0.2, 0.25) is 9.47 Å². The summed E-state index contributed by atoms with van der Waals surface area (Å²) < 4.78 is 23.1. The molecule has 7 nitrogen and oxygen atoms in total. The minimum atomic E-state index is -0.492. The Morgan fingerprint density at radius 3 is 2.08 bits per heavy atom. The Balaban J connectivity index is 0.000000219. The zero-order chi connectivity index (χ0) is 17.9. The van der Waals surface area contributed by atoms with E-state index in [9.17, 15) is 4.39 Å².